The van der Waals surface area contributed by atoms with Gasteiger partial charge in [0, 0.05) is 10.8 Å². The van der Waals surface area contributed by atoms with Crippen LogP contribution in [0.25, 0.3) is 0 Å². The second-order valence-corrected chi connectivity index (χ2v) is 6.73. The molecule has 2 saturated carbocycles. The molecule has 0 heterocycles. The molecule has 0 amide bonds. The molecule has 0 aromatic carbocycles. The Morgan fingerprint density at radius 2 is 1.76 bits per heavy atom. The Bertz CT molecular complexity index is 332. The smallest absolute Gasteiger partial charge is 0.0706 e. The molecule has 0 radical (unpaired) electrons. The van der Waals surface area contributed by atoms with Crippen LogP contribution in [0, 0.1) is 16.2 Å². The molecular weight excluding hydrogens is 216 g/mol. The Kier molecular flexibility index (Phi) is 2.74. The van der Waals surface area contributed by atoms with Gasteiger partial charge in [-0.3, -0.25) is 0 Å². The van der Waals surface area contributed by atoms with E-state index in [1.165, 1.54) is 0 Å². The first-order chi connectivity index (χ1) is 7.67. The SMILES string of the molecule is CC(O)/C=C/C12C(O)C1(C)CC(O)CC2(C)C. The van der Waals surface area contributed by atoms with E-state index < -0.39 is 12.2 Å². The number of fused-ring (bicyclic) bond motifs is 1. The molecule has 0 aliphatic heterocycles. The first kappa shape index (κ1) is 13.1. The standard InChI is InChI=1S/C14H24O3/c1-9(15)5-6-14-11(17)13(14,4)8-10(16)7-12(14,2)3/h5-6,9-11,15-17H,7-8H2,1-4H3/b6-5+. The summed E-state index contributed by atoms with van der Waals surface area (Å²) < 4.78 is 0. The summed E-state index contributed by atoms with van der Waals surface area (Å²) in [5.74, 6) is 0. The third-order valence-corrected chi connectivity index (χ3v) is 5.06. The van der Waals surface area contributed by atoms with Crippen LogP contribution in [0.15, 0.2) is 12.2 Å². The molecule has 3 nitrogen and oxygen atoms in total. The van der Waals surface area contributed by atoms with Crippen LogP contribution in [0.1, 0.15) is 40.5 Å². The van der Waals surface area contributed by atoms with Gasteiger partial charge in [-0.15, -0.1) is 0 Å². The van der Waals surface area contributed by atoms with Crippen molar-refractivity contribution in [2.45, 2.75) is 58.8 Å². The Hall–Kier alpha value is -0.380. The van der Waals surface area contributed by atoms with Crippen molar-refractivity contribution in [1.29, 1.82) is 0 Å². The van der Waals surface area contributed by atoms with Crippen molar-refractivity contribution in [2.75, 3.05) is 0 Å². The molecule has 2 aliphatic rings. The highest BCUT2D eigenvalue weighted by Gasteiger charge is 2.79. The summed E-state index contributed by atoms with van der Waals surface area (Å²) in [6.45, 7) is 7.94. The highest BCUT2D eigenvalue weighted by atomic mass is 16.3. The normalized spacial score (nSPS) is 50.1. The average molecular weight is 240 g/mol. The monoisotopic (exact) mass is 240 g/mol. The van der Waals surface area contributed by atoms with Gasteiger partial charge in [-0.05, 0) is 25.2 Å². The first-order valence-electron chi connectivity index (χ1n) is 6.41. The highest BCUT2D eigenvalue weighted by Crippen LogP contribution is 2.77. The molecule has 5 atom stereocenters. The summed E-state index contributed by atoms with van der Waals surface area (Å²) in [4.78, 5) is 0. The van der Waals surface area contributed by atoms with Crippen molar-refractivity contribution in [3.63, 3.8) is 0 Å². The molecule has 0 spiro atoms. The van der Waals surface area contributed by atoms with E-state index >= 15 is 0 Å². The first-order valence-corrected chi connectivity index (χ1v) is 6.41. The van der Waals surface area contributed by atoms with Crippen molar-refractivity contribution < 1.29 is 15.3 Å². The van der Waals surface area contributed by atoms with Gasteiger partial charge in [0.25, 0.3) is 0 Å². The minimum atomic E-state index is -0.496. The molecule has 0 aromatic heterocycles. The Morgan fingerprint density at radius 1 is 1.18 bits per heavy atom. The Morgan fingerprint density at radius 3 is 2.24 bits per heavy atom. The maximum Gasteiger partial charge on any atom is 0.0706 e. The minimum Gasteiger partial charge on any atom is -0.393 e. The summed E-state index contributed by atoms with van der Waals surface area (Å²) in [6.07, 6.45) is 3.83. The molecule has 5 unspecified atom stereocenters. The third kappa shape index (κ3) is 1.52. The number of aliphatic hydroxyl groups excluding tert-OH is 3. The molecule has 0 saturated heterocycles. The molecular formula is C14H24O3. The Labute approximate surface area is 103 Å². The van der Waals surface area contributed by atoms with Crippen LogP contribution >= 0.6 is 0 Å². The molecule has 2 fully saturated rings. The fourth-order valence-corrected chi connectivity index (χ4v) is 4.22. The molecule has 0 aromatic rings. The maximum atomic E-state index is 10.4. The fraction of sp³-hybridized carbons (Fsp3) is 0.857. The Balaban J connectivity index is 2.37. The highest BCUT2D eigenvalue weighted by molar-refractivity contribution is 5.35. The van der Waals surface area contributed by atoms with Crippen LogP contribution < -0.4 is 0 Å². The number of hydrogen-bond acceptors (Lipinski definition) is 3. The van der Waals surface area contributed by atoms with E-state index in [-0.39, 0.29) is 22.3 Å². The van der Waals surface area contributed by atoms with Crippen LogP contribution in [0.5, 0.6) is 0 Å². The predicted octanol–water partition coefficient (Wildman–Crippen LogP) is 1.47. The van der Waals surface area contributed by atoms with E-state index in [2.05, 4.69) is 13.8 Å². The minimum absolute atomic E-state index is 0.149. The van der Waals surface area contributed by atoms with Gasteiger partial charge < -0.3 is 15.3 Å². The quantitative estimate of drug-likeness (QED) is 0.641. The summed E-state index contributed by atoms with van der Waals surface area (Å²) in [7, 11) is 0. The van der Waals surface area contributed by atoms with E-state index in [1.807, 2.05) is 13.0 Å². The van der Waals surface area contributed by atoms with Crippen LogP contribution in [0.3, 0.4) is 0 Å². The molecule has 3 heteroatoms. The molecule has 2 aliphatic carbocycles. The summed E-state index contributed by atoms with van der Waals surface area (Å²) in [5, 5.41) is 29.7. The lowest BCUT2D eigenvalue weighted by atomic mass is 9.62. The lowest BCUT2D eigenvalue weighted by Crippen LogP contribution is -2.39. The van der Waals surface area contributed by atoms with Crippen molar-refractivity contribution in [3.05, 3.63) is 12.2 Å². The van der Waals surface area contributed by atoms with E-state index in [1.54, 1.807) is 13.0 Å². The zero-order chi connectivity index (χ0) is 13.1. The largest absolute Gasteiger partial charge is 0.393 e. The van der Waals surface area contributed by atoms with Gasteiger partial charge in [0.15, 0.2) is 0 Å². The van der Waals surface area contributed by atoms with Crippen LogP contribution in [-0.4, -0.2) is 33.6 Å². The maximum absolute atomic E-state index is 10.4. The summed E-state index contributed by atoms with van der Waals surface area (Å²) in [6, 6.07) is 0. The van der Waals surface area contributed by atoms with Crippen LogP contribution in [0.2, 0.25) is 0 Å². The topological polar surface area (TPSA) is 60.7 Å². The number of hydrogen-bond donors (Lipinski definition) is 3. The van der Waals surface area contributed by atoms with E-state index in [0.717, 1.165) is 0 Å². The lowest BCUT2D eigenvalue weighted by molar-refractivity contribution is 0.00631. The zero-order valence-electron chi connectivity index (χ0n) is 11.1. The second kappa shape index (κ2) is 3.56. The van der Waals surface area contributed by atoms with E-state index in [0.29, 0.717) is 12.8 Å². The molecule has 3 N–H and O–H groups in total. The van der Waals surface area contributed by atoms with Gasteiger partial charge in [-0.2, -0.15) is 0 Å². The van der Waals surface area contributed by atoms with Crippen molar-refractivity contribution in [2.24, 2.45) is 16.2 Å². The molecule has 98 valence electrons. The van der Waals surface area contributed by atoms with Crippen molar-refractivity contribution in [3.8, 4) is 0 Å². The number of rotatable bonds is 2. The van der Waals surface area contributed by atoms with Gasteiger partial charge in [-0.1, -0.05) is 32.9 Å². The summed E-state index contributed by atoms with van der Waals surface area (Å²) in [5.41, 5.74) is -0.694. The van der Waals surface area contributed by atoms with E-state index in [9.17, 15) is 15.3 Å². The van der Waals surface area contributed by atoms with Gasteiger partial charge in [0.05, 0.1) is 18.3 Å². The van der Waals surface area contributed by atoms with Crippen LogP contribution in [0.4, 0.5) is 0 Å². The molecule has 17 heavy (non-hydrogen) atoms. The lowest BCUT2D eigenvalue weighted by Gasteiger charge is -2.42. The van der Waals surface area contributed by atoms with Crippen molar-refractivity contribution >= 4 is 0 Å². The average Bonchev–Trinajstić information content (AvgIpc) is 2.60. The summed E-state index contributed by atoms with van der Waals surface area (Å²) >= 11 is 0. The van der Waals surface area contributed by atoms with Gasteiger partial charge in [-0.25, -0.2) is 0 Å². The molecule has 2 rings (SSSR count). The van der Waals surface area contributed by atoms with Crippen molar-refractivity contribution in [1.82, 2.24) is 0 Å². The van der Waals surface area contributed by atoms with Crippen LogP contribution in [-0.2, 0) is 0 Å². The predicted molar refractivity (Wildman–Crippen MR) is 66.4 cm³/mol. The van der Waals surface area contributed by atoms with Gasteiger partial charge in [0.1, 0.15) is 0 Å². The number of aliphatic hydroxyl groups is 3. The van der Waals surface area contributed by atoms with Gasteiger partial charge in [0.2, 0.25) is 0 Å². The fourth-order valence-electron chi connectivity index (χ4n) is 4.22. The zero-order valence-corrected chi connectivity index (χ0v) is 11.1. The van der Waals surface area contributed by atoms with Gasteiger partial charge >= 0.3 is 0 Å². The van der Waals surface area contributed by atoms with E-state index in [4.69, 9.17) is 0 Å². The second-order valence-electron chi connectivity index (χ2n) is 6.73. The third-order valence-electron chi connectivity index (χ3n) is 5.06. The molecule has 0 bridgehead atoms.